The van der Waals surface area contributed by atoms with Crippen LogP contribution in [0.15, 0.2) is 18.2 Å². The monoisotopic (exact) mass is 280 g/mol. The maximum absolute atomic E-state index is 13.3. The van der Waals surface area contributed by atoms with E-state index < -0.39 is 6.10 Å². The SMILES string of the molecule is Cc1cc(C(O)CN(C)C2CCN(C)CC2)ccc1F. The van der Waals surface area contributed by atoms with Crippen LogP contribution in [-0.4, -0.2) is 54.7 Å². The van der Waals surface area contributed by atoms with Crippen molar-refractivity contribution in [1.29, 1.82) is 0 Å². The van der Waals surface area contributed by atoms with E-state index in [9.17, 15) is 9.50 Å². The Balaban J connectivity index is 1.93. The molecule has 1 N–H and O–H groups in total. The summed E-state index contributed by atoms with van der Waals surface area (Å²) >= 11 is 0. The number of aryl methyl sites for hydroxylation is 1. The Morgan fingerprint density at radius 1 is 1.40 bits per heavy atom. The molecule has 0 aliphatic carbocycles. The Labute approximate surface area is 121 Å². The second-order valence-electron chi connectivity index (χ2n) is 6.00. The van der Waals surface area contributed by atoms with Gasteiger partial charge < -0.3 is 14.9 Å². The number of likely N-dealkylation sites (N-methyl/N-ethyl adjacent to an activating group) is 1. The van der Waals surface area contributed by atoms with Gasteiger partial charge in [0.2, 0.25) is 0 Å². The largest absolute Gasteiger partial charge is 0.387 e. The van der Waals surface area contributed by atoms with Crippen molar-refractivity contribution in [2.75, 3.05) is 33.7 Å². The molecular weight excluding hydrogens is 255 g/mol. The maximum atomic E-state index is 13.3. The Bertz CT molecular complexity index is 444. The topological polar surface area (TPSA) is 26.7 Å². The van der Waals surface area contributed by atoms with Crippen LogP contribution in [0.1, 0.15) is 30.1 Å². The van der Waals surface area contributed by atoms with E-state index in [1.54, 1.807) is 19.1 Å². The second kappa shape index (κ2) is 6.66. The van der Waals surface area contributed by atoms with Crippen molar-refractivity contribution >= 4 is 0 Å². The lowest BCUT2D eigenvalue weighted by atomic mass is 10.0. The average molecular weight is 280 g/mol. The predicted octanol–water partition coefficient (Wildman–Crippen LogP) is 2.19. The van der Waals surface area contributed by atoms with Gasteiger partial charge in [-0.2, -0.15) is 0 Å². The van der Waals surface area contributed by atoms with Crippen LogP contribution >= 0.6 is 0 Å². The summed E-state index contributed by atoms with van der Waals surface area (Å²) < 4.78 is 13.3. The molecule has 0 bridgehead atoms. The molecule has 0 saturated carbocycles. The summed E-state index contributed by atoms with van der Waals surface area (Å²) in [7, 11) is 4.21. The van der Waals surface area contributed by atoms with E-state index in [0.717, 1.165) is 31.5 Å². The highest BCUT2D eigenvalue weighted by Gasteiger charge is 2.22. The fourth-order valence-electron chi connectivity index (χ4n) is 2.84. The van der Waals surface area contributed by atoms with Gasteiger partial charge in [-0.1, -0.05) is 12.1 Å². The number of benzene rings is 1. The lowest BCUT2D eigenvalue weighted by Crippen LogP contribution is -2.43. The number of nitrogens with zero attached hydrogens (tertiary/aromatic N) is 2. The molecule has 1 aliphatic rings. The minimum absolute atomic E-state index is 0.218. The highest BCUT2D eigenvalue weighted by molar-refractivity contribution is 5.25. The number of halogens is 1. The molecule has 1 saturated heterocycles. The van der Waals surface area contributed by atoms with Crippen LogP contribution in [-0.2, 0) is 0 Å². The second-order valence-corrected chi connectivity index (χ2v) is 6.00. The van der Waals surface area contributed by atoms with Crippen LogP contribution in [0.2, 0.25) is 0 Å². The van der Waals surface area contributed by atoms with Crippen molar-refractivity contribution in [1.82, 2.24) is 9.80 Å². The standard InChI is InChI=1S/C16H25FN2O/c1-12-10-13(4-5-15(12)17)16(20)11-19(3)14-6-8-18(2)9-7-14/h4-5,10,14,16,20H,6-9,11H2,1-3H3. The number of likely N-dealkylation sites (tertiary alicyclic amines) is 1. The lowest BCUT2D eigenvalue weighted by Gasteiger charge is -2.36. The lowest BCUT2D eigenvalue weighted by molar-refractivity contribution is 0.0788. The highest BCUT2D eigenvalue weighted by atomic mass is 19.1. The van der Waals surface area contributed by atoms with Crippen LogP contribution in [0, 0.1) is 12.7 Å². The van der Waals surface area contributed by atoms with Crippen LogP contribution in [0.5, 0.6) is 0 Å². The van der Waals surface area contributed by atoms with Gasteiger partial charge in [0.25, 0.3) is 0 Å². The van der Waals surface area contributed by atoms with Crippen LogP contribution in [0.3, 0.4) is 0 Å². The Hall–Kier alpha value is -0.970. The Morgan fingerprint density at radius 3 is 2.65 bits per heavy atom. The highest BCUT2D eigenvalue weighted by Crippen LogP contribution is 2.20. The first-order valence-corrected chi connectivity index (χ1v) is 7.30. The van der Waals surface area contributed by atoms with Crippen molar-refractivity contribution in [2.45, 2.75) is 31.9 Å². The molecule has 0 aromatic heterocycles. The zero-order valence-electron chi connectivity index (χ0n) is 12.6. The van der Waals surface area contributed by atoms with Gasteiger partial charge in [-0.3, -0.25) is 0 Å². The summed E-state index contributed by atoms with van der Waals surface area (Å²) in [4.78, 5) is 4.57. The quantitative estimate of drug-likeness (QED) is 0.916. The van der Waals surface area contributed by atoms with Gasteiger partial charge in [0.05, 0.1) is 6.10 Å². The van der Waals surface area contributed by atoms with Gasteiger partial charge >= 0.3 is 0 Å². The summed E-state index contributed by atoms with van der Waals surface area (Å²) in [5, 5.41) is 10.3. The van der Waals surface area contributed by atoms with Crippen LogP contribution in [0.4, 0.5) is 4.39 Å². The fourth-order valence-corrected chi connectivity index (χ4v) is 2.84. The van der Waals surface area contributed by atoms with E-state index in [-0.39, 0.29) is 5.82 Å². The predicted molar refractivity (Wildman–Crippen MR) is 79.2 cm³/mol. The molecule has 0 spiro atoms. The average Bonchev–Trinajstić information content (AvgIpc) is 2.42. The van der Waals surface area contributed by atoms with E-state index in [0.29, 0.717) is 18.2 Å². The molecule has 20 heavy (non-hydrogen) atoms. The van der Waals surface area contributed by atoms with Crippen molar-refractivity contribution in [3.8, 4) is 0 Å². The molecule has 1 unspecified atom stereocenters. The van der Waals surface area contributed by atoms with Crippen molar-refractivity contribution in [3.63, 3.8) is 0 Å². The van der Waals surface area contributed by atoms with Crippen LogP contribution < -0.4 is 0 Å². The summed E-state index contributed by atoms with van der Waals surface area (Å²) in [5.74, 6) is -0.218. The summed E-state index contributed by atoms with van der Waals surface area (Å²) in [6, 6.07) is 5.38. The molecule has 4 heteroatoms. The van der Waals surface area contributed by atoms with E-state index in [1.165, 1.54) is 6.07 Å². The zero-order valence-corrected chi connectivity index (χ0v) is 12.6. The first-order chi connectivity index (χ1) is 9.47. The van der Waals surface area contributed by atoms with Crippen molar-refractivity contribution < 1.29 is 9.50 Å². The Kier molecular flexibility index (Phi) is 5.13. The van der Waals surface area contributed by atoms with Crippen molar-refractivity contribution in [2.24, 2.45) is 0 Å². The number of aliphatic hydroxyl groups excluding tert-OH is 1. The molecule has 1 aromatic carbocycles. The molecule has 1 heterocycles. The molecule has 1 fully saturated rings. The van der Waals surface area contributed by atoms with Gasteiger partial charge in [0.15, 0.2) is 0 Å². The molecule has 1 aromatic rings. The van der Waals surface area contributed by atoms with E-state index in [2.05, 4.69) is 23.9 Å². The number of rotatable bonds is 4. The third-order valence-corrected chi connectivity index (χ3v) is 4.34. The summed E-state index contributed by atoms with van der Waals surface area (Å²) in [5.41, 5.74) is 1.38. The summed E-state index contributed by atoms with van der Waals surface area (Å²) in [6.45, 7) is 4.55. The van der Waals surface area contributed by atoms with E-state index >= 15 is 0 Å². The van der Waals surface area contributed by atoms with E-state index in [1.807, 2.05) is 0 Å². The minimum Gasteiger partial charge on any atom is -0.387 e. The third-order valence-electron chi connectivity index (χ3n) is 4.34. The minimum atomic E-state index is -0.557. The van der Waals surface area contributed by atoms with Gasteiger partial charge in [-0.15, -0.1) is 0 Å². The Morgan fingerprint density at radius 2 is 2.05 bits per heavy atom. The molecule has 3 nitrogen and oxygen atoms in total. The molecule has 1 atom stereocenters. The van der Waals surface area contributed by atoms with E-state index in [4.69, 9.17) is 0 Å². The maximum Gasteiger partial charge on any atom is 0.126 e. The third kappa shape index (κ3) is 3.78. The number of piperidine rings is 1. The van der Waals surface area contributed by atoms with Gasteiger partial charge in [0, 0.05) is 12.6 Å². The van der Waals surface area contributed by atoms with Gasteiger partial charge in [-0.25, -0.2) is 4.39 Å². The first kappa shape index (κ1) is 15.4. The molecule has 0 amide bonds. The first-order valence-electron chi connectivity index (χ1n) is 7.30. The van der Waals surface area contributed by atoms with Gasteiger partial charge in [0.1, 0.15) is 5.82 Å². The number of aliphatic hydroxyl groups is 1. The number of hydrogen-bond acceptors (Lipinski definition) is 3. The van der Waals surface area contributed by atoms with Crippen LogP contribution in [0.25, 0.3) is 0 Å². The van der Waals surface area contributed by atoms with Gasteiger partial charge in [-0.05, 0) is 64.1 Å². The fraction of sp³-hybridized carbons (Fsp3) is 0.625. The smallest absolute Gasteiger partial charge is 0.126 e. The molecule has 2 rings (SSSR count). The molecule has 0 radical (unpaired) electrons. The molecule has 1 aliphatic heterocycles. The molecule has 112 valence electrons. The van der Waals surface area contributed by atoms with Crippen molar-refractivity contribution in [3.05, 3.63) is 35.1 Å². The zero-order chi connectivity index (χ0) is 14.7. The number of hydrogen-bond donors (Lipinski definition) is 1. The normalized spacial score (nSPS) is 19.5. The summed E-state index contributed by atoms with van der Waals surface area (Å²) in [6.07, 6.45) is 1.73. The molecular formula is C16H25FN2O.